The number of anilines is 1. The van der Waals surface area contributed by atoms with Gasteiger partial charge in [0.1, 0.15) is 5.75 Å². The minimum Gasteiger partial charge on any atom is -0.506 e. The molecule has 1 aliphatic rings. The molecule has 1 heterocycles. The Balaban J connectivity index is 1.92. The molecule has 0 atom stereocenters. The Hall–Kier alpha value is -1.95. The van der Waals surface area contributed by atoms with Crippen molar-refractivity contribution < 1.29 is 14.7 Å². The van der Waals surface area contributed by atoms with Crippen molar-refractivity contribution in [3.05, 3.63) is 63.0 Å². The predicted molar refractivity (Wildman–Crippen MR) is 93.0 cm³/mol. The summed E-state index contributed by atoms with van der Waals surface area (Å²) in [5, 5.41) is 9.73. The molecule has 2 amide bonds. The molecule has 116 valence electrons. The van der Waals surface area contributed by atoms with Crippen molar-refractivity contribution in [1.82, 2.24) is 0 Å². The molecule has 1 saturated heterocycles. The molecule has 0 unspecified atom stereocenters. The van der Waals surface area contributed by atoms with Gasteiger partial charge in [0.15, 0.2) is 0 Å². The van der Waals surface area contributed by atoms with Gasteiger partial charge in [-0.2, -0.15) is 0 Å². The first-order valence-electron chi connectivity index (χ1n) is 6.48. The summed E-state index contributed by atoms with van der Waals surface area (Å²) in [7, 11) is 0. The second-order valence-corrected chi connectivity index (χ2v) is 6.54. The third kappa shape index (κ3) is 3.22. The summed E-state index contributed by atoms with van der Waals surface area (Å²) in [6.45, 7) is 0. The van der Waals surface area contributed by atoms with Crippen LogP contribution in [0.2, 0.25) is 10.0 Å². The first kappa shape index (κ1) is 15.9. The number of carbonyl (C=O) groups is 2. The zero-order valence-electron chi connectivity index (χ0n) is 11.5. The maximum Gasteiger partial charge on any atom is 0.298 e. The van der Waals surface area contributed by atoms with E-state index in [9.17, 15) is 14.7 Å². The summed E-state index contributed by atoms with van der Waals surface area (Å²) in [6.07, 6.45) is 1.56. The third-order valence-corrected chi connectivity index (χ3v) is 4.57. The highest BCUT2D eigenvalue weighted by Crippen LogP contribution is 2.36. The van der Waals surface area contributed by atoms with E-state index >= 15 is 0 Å². The lowest BCUT2D eigenvalue weighted by Gasteiger charge is -2.12. The molecule has 2 aromatic carbocycles. The molecule has 0 spiro atoms. The summed E-state index contributed by atoms with van der Waals surface area (Å²) in [6, 6.07) is 11.0. The van der Waals surface area contributed by atoms with Crippen LogP contribution in [-0.2, 0) is 4.79 Å². The van der Waals surface area contributed by atoms with Gasteiger partial charge in [-0.3, -0.25) is 9.59 Å². The first-order valence-corrected chi connectivity index (χ1v) is 8.05. The average Bonchev–Trinajstić information content (AvgIpc) is 2.79. The van der Waals surface area contributed by atoms with Gasteiger partial charge in [-0.1, -0.05) is 29.3 Å². The fourth-order valence-corrected chi connectivity index (χ4v) is 3.20. The van der Waals surface area contributed by atoms with Gasteiger partial charge in [-0.25, -0.2) is 4.90 Å². The van der Waals surface area contributed by atoms with Crippen LogP contribution < -0.4 is 4.90 Å². The summed E-state index contributed by atoms with van der Waals surface area (Å²) in [4.78, 5) is 26.0. The SMILES string of the molecule is O=C1SC(=Cc2ccc(O)c(Cl)c2)C(=O)N1c1ccc(Cl)cc1. The van der Waals surface area contributed by atoms with Crippen LogP contribution in [0.5, 0.6) is 5.75 Å². The lowest BCUT2D eigenvalue weighted by molar-refractivity contribution is -0.113. The van der Waals surface area contributed by atoms with Crippen molar-refractivity contribution in [2.24, 2.45) is 0 Å². The Labute approximate surface area is 146 Å². The number of halogens is 2. The van der Waals surface area contributed by atoms with E-state index in [1.807, 2.05) is 0 Å². The number of carbonyl (C=O) groups excluding carboxylic acids is 2. The van der Waals surface area contributed by atoms with E-state index in [4.69, 9.17) is 23.2 Å². The number of phenolic OH excluding ortho intramolecular Hbond substituents is 1. The van der Waals surface area contributed by atoms with Gasteiger partial charge in [0.25, 0.3) is 11.1 Å². The maximum atomic E-state index is 12.5. The van der Waals surface area contributed by atoms with Crippen LogP contribution in [0.15, 0.2) is 47.4 Å². The molecule has 0 aromatic heterocycles. The lowest BCUT2D eigenvalue weighted by atomic mass is 10.2. The van der Waals surface area contributed by atoms with Gasteiger partial charge in [-0.05, 0) is 59.8 Å². The molecule has 7 heteroatoms. The lowest BCUT2D eigenvalue weighted by Crippen LogP contribution is -2.27. The zero-order valence-corrected chi connectivity index (χ0v) is 13.8. The number of aromatic hydroxyl groups is 1. The molecule has 1 aliphatic heterocycles. The second kappa shape index (κ2) is 6.28. The molecule has 2 aromatic rings. The summed E-state index contributed by atoms with van der Waals surface area (Å²) in [5.41, 5.74) is 1.08. The Kier molecular flexibility index (Phi) is 4.35. The van der Waals surface area contributed by atoms with E-state index in [-0.39, 0.29) is 20.9 Å². The summed E-state index contributed by atoms with van der Waals surface area (Å²) >= 11 is 12.5. The minimum atomic E-state index is -0.411. The van der Waals surface area contributed by atoms with E-state index in [1.54, 1.807) is 36.4 Å². The standard InChI is InChI=1S/C16H9Cl2NO3S/c17-10-2-4-11(5-3-10)19-15(21)14(23-16(19)22)8-9-1-6-13(20)12(18)7-9/h1-8,20H. The van der Waals surface area contributed by atoms with Gasteiger partial charge in [-0.15, -0.1) is 0 Å². The normalized spacial score (nSPS) is 16.4. The van der Waals surface area contributed by atoms with Crippen molar-refractivity contribution in [2.45, 2.75) is 0 Å². The minimum absolute atomic E-state index is 0.0434. The number of hydrogen-bond donors (Lipinski definition) is 1. The highest BCUT2D eigenvalue weighted by Gasteiger charge is 2.36. The van der Waals surface area contributed by atoms with Crippen molar-refractivity contribution >= 4 is 57.9 Å². The number of amides is 2. The second-order valence-electron chi connectivity index (χ2n) is 4.70. The largest absolute Gasteiger partial charge is 0.506 e. The molecule has 4 nitrogen and oxygen atoms in total. The fraction of sp³-hybridized carbons (Fsp3) is 0. The van der Waals surface area contributed by atoms with Crippen LogP contribution in [-0.4, -0.2) is 16.3 Å². The molecule has 3 rings (SSSR count). The molecule has 0 aliphatic carbocycles. The van der Waals surface area contributed by atoms with Gasteiger partial charge in [0.05, 0.1) is 15.6 Å². The number of imide groups is 1. The number of hydrogen-bond acceptors (Lipinski definition) is 4. The van der Waals surface area contributed by atoms with Gasteiger partial charge in [0.2, 0.25) is 0 Å². The zero-order chi connectivity index (χ0) is 16.6. The highest BCUT2D eigenvalue weighted by atomic mass is 35.5. The van der Waals surface area contributed by atoms with Crippen LogP contribution in [0.4, 0.5) is 10.5 Å². The Morgan fingerprint density at radius 3 is 2.39 bits per heavy atom. The molecular formula is C16H9Cl2NO3S. The Morgan fingerprint density at radius 2 is 1.74 bits per heavy atom. The molecular weight excluding hydrogens is 357 g/mol. The van der Waals surface area contributed by atoms with Gasteiger partial charge >= 0.3 is 0 Å². The number of nitrogens with zero attached hydrogens (tertiary/aromatic N) is 1. The number of rotatable bonds is 2. The molecule has 0 radical (unpaired) electrons. The average molecular weight is 366 g/mol. The third-order valence-electron chi connectivity index (χ3n) is 3.15. The quantitative estimate of drug-likeness (QED) is 0.765. The molecule has 1 fully saturated rings. The Bertz CT molecular complexity index is 834. The molecule has 0 bridgehead atoms. The van der Waals surface area contributed by atoms with Crippen molar-refractivity contribution in [1.29, 1.82) is 0 Å². The van der Waals surface area contributed by atoms with Gasteiger partial charge in [0, 0.05) is 5.02 Å². The fourth-order valence-electron chi connectivity index (χ4n) is 2.04. The van der Waals surface area contributed by atoms with E-state index in [1.165, 1.54) is 12.1 Å². The Morgan fingerprint density at radius 1 is 1.04 bits per heavy atom. The summed E-state index contributed by atoms with van der Waals surface area (Å²) < 4.78 is 0. The number of phenols is 1. The maximum absolute atomic E-state index is 12.5. The van der Waals surface area contributed by atoms with Crippen LogP contribution in [0.3, 0.4) is 0 Å². The molecule has 23 heavy (non-hydrogen) atoms. The molecule has 1 N–H and O–H groups in total. The first-order chi connectivity index (χ1) is 11.0. The monoisotopic (exact) mass is 365 g/mol. The van der Waals surface area contributed by atoms with Crippen molar-refractivity contribution in [2.75, 3.05) is 4.90 Å². The topological polar surface area (TPSA) is 57.6 Å². The summed E-state index contributed by atoms with van der Waals surface area (Å²) in [5.74, 6) is -0.454. The van der Waals surface area contributed by atoms with E-state index in [0.29, 0.717) is 16.3 Å². The van der Waals surface area contributed by atoms with Gasteiger partial charge < -0.3 is 5.11 Å². The van der Waals surface area contributed by atoms with E-state index in [2.05, 4.69) is 0 Å². The van der Waals surface area contributed by atoms with Crippen LogP contribution in [0.25, 0.3) is 6.08 Å². The predicted octanol–water partition coefficient (Wildman–Crippen LogP) is 4.94. The van der Waals surface area contributed by atoms with Crippen LogP contribution in [0.1, 0.15) is 5.56 Å². The highest BCUT2D eigenvalue weighted by molar-refractivity contribution is 8.19. The number of thioether (sulfide) groups is 1. The van der Waals surface area contributed by atoms with Crippen LogP contribution >= 0.6 is 35.0 Å². The van der Waals surface area contributed by atoms with Crippen molar-refractivity contribution in [3.8, 4) is 5.75 Å². The molecule has 0 saturated carbocycles. The smallest absolute Gasteiger partial charge is 0.298 e. The van der Waals surface area contributed by atoms with E-state index < -0.39 is 5.91 Å². The number of benzene rings is 2. The van der Waals surface area contributed by atoms with E-state index in [0.717, 1.165) is 16.7 Å². The van der Waals surface area contributed by atoms with Crippen LogP contribution in [0, 0.1) is 0 Å². The van der Waals surface area contributed by atoms with Crippen molar-refractivity contribution in [3.63, 3.8) is 0 Å².